The van der Waals surface area contributed by atoms with Gasteiger partial charge in [-0.3, -0.25) is 0 Å². The third kappa shape index (κ3) is 3.34. The second-order valence-corrected chi connectivity index (χ2v) is 8.44. The van der Waals surface area contributed by atoms with Crippen molar-refractivity contribution in [3.05, 3.63) is 18.2 Å². The number of aliphatic imine (C=N–C) groups is 2. The minimum absolute atomic E-state index is 0.0844. The molecule has 10 heteroatoms. The molecule has 8 nitrogen and oxygen atoms in total. The molecule has 0 bridgehead atoms. The van der Waals surface area contributed by atoms with E-state index in [0.717, 1.165) is 11.3 Å². The molecule has 0 aliphatic heterocycles. The average Bonchev–Trinajstić information content (AvgIpc) is 2.81. The molecule has 0 unspecified atom stereocenters. The van der Waals surface area contributed by atoms with Gasteiger partial charge in [-0.25, -0.2) is 18.4 Å². The fraction of sp³-hybridized carbons (Fsp3) is 0.250. The molecule has 1 aromatic carbocycles. The van der Waals surface area contributed by atoms with Gasteiger partial charge in [-0.15, -0.1) is 11.3 Å². The number of hydrogen-bond donors (Lipinski definition) is 3. The molecule has 22 heavy (non-hydrogen) atoms. The first kappa shape index (κ1) is 16.2. The lowest BCUT2D eigenvalue weighted by Gasteiger charge is -2.01. The number of rotatable bonds is 3. The molecule has 1 aromatic heterocycles. The largest absolute Gasteiger partial charge is 0.370 e. The Hall–Kier alpha value is -2.20. The van der Waals surface area contributed by atoms with Crippen LogP contribution in [-0.2, 0) is 9.84 Å². The van der Waals surface area contributed by atoms with Crippen LogP contribution in [0.25, 0.3) is 10.2 Å². The fourth-order valence-corrected chi connectivity index (χ4v) is 4.24. The normalized spacial score (nSPS) is 12.8. The van der Waals surface area contributed by atoms with Gasteiger partial charge < -0.3 is 17.2 Å². The zero-order valence-corrected chi connectivity index (χ0v) is 13.6. The van der Waals surface area contributed by atoms with Crippen LogP contribution in [0.5, 0.6) is 0 Å². The van der Waals surface area contributed by atoms with Crippen molar-refractivity contribution in [2.24, 2.45) is 27.2 Å². The Labute approximate surface area is 131 Å². The van der Waals surface area contributed by atoms with Crippen LogP contribution in [-0.4, -0.2) is 30.6 Å². The van der Waals surface area contributed by atoms with E-state index in [-0.39, 0.29) is 16.3 Å². The minimum Gasteiger partial charge on any atom is -0.370 e. The number of nitrogens with zero attached hydrogens (tertiary/aromatic N) is 3. The van der Waals surface area contributed by atoms with Gasteiger partial charge in [-0.05, 0) is 32.0 Å². The number of nitrogens with two attached hydrogens (primary N) is 3. The maximum atomic E-state index is 12.1. The highest BCUT2D eigenvalue weighted by atomic mass is 32.2. The van der Waals surface area contributed by atoms with E-state index in [0.29, 0.717) is 15.9 Å². The molecule has 0 aliphatic rings. The highest BCUT2D eigenvalue weighted by Crippen LogP contribution is 2.30. The number of thiazole rings is 1. The molecule has 0 saturated carbocycles. The van der Waals surface area contributed by atoms with Crippen LogP contribution in [0.4, 0.5) is 5.69 Å². The smallest absolute Gasteiger partial charge is 0.223 e. The molecule has 2 rings (SSSR count). The monoisotopic (exact) mass is 340 g/mol. The topological polar surface area (TPSA) is 150 Å². The number of guanidine groups is 2. The molecule has 0 spiro atoms. The first-order chi connectivity index (χ1) is 10.2. The molecule has 0 saturated heterocycles. The van der Waals surface area contributed by atoms with Crippen molar-refractivity contribution < 1.29 is 8.42 Å². The lowest BCUT2D eigenvalue weighted by atomic mass is 10.3. The summed E-state index contributed by atoms with van der Waals surface area (Å²) in [6.45, 7) is 3.24. The summed E-state index contributed by atoms with van der Waals surface area (Å²) in [6.07, 6.45) is 0. The van der Waals surface area contributed by atoms with Gasteiger partial charge in [0.25, 0.3) is 0 Å². The minimum atomic E-state index is -3.40. The summed E-state index contributed by atoms with van der Waals surface area (Å²) < 4.78 is 25.1. The van der Waals surface area contributed by atoms with Crippen LogP contribution in [0.1, 0.15) is 13.8 Å². The second-order valence-electron chi connectivity index (χ2n) is 4.73. The molecule has 0 fully saturated rings. The van der Waals surface area contributed by atoms with Gasteiger partial charge in [0.2, 0.25) is 20.1 Å². The van der Waals surface area contributed by atoms with E-state index in [9.17, 15) is 8.42 Å². The van der Waals surface area contributed by atoms with Gasteiger partial charge in [0.1, 0.15) is 0 Å². The summed E-state index contributed by atoms with van der Waals surface area (Å²) in [6, 6.07) is 5.01. The fourth-order valence-electron chi connectivity index (χ4n) is 1.57. The third-order valence-corrected chi connectivity index (χ3v) is 6.28. The van der Waals surface area contributed by atoms with E-state index in [1.807, 2.05) is 0 Å². The Balaban J connectivity index is 2.47. The van der Waals surface area contributed by atoms with Gasteiger partial charge in [0.15, 0.2) is 5.96 Å². The summed E-state index contributed by atoms with van der Waals surface area (Å²) in [5.41, 5.74) is 17.1. The molecule has 1 heterocycles. The third-order valence-electron chi connectivity index (χ3n) is 2.70. The maximum absolute atomic E-state index is 12.1. The number of benzene rings is 1. The number of hydrogen-bond acceptors (Lipinski definition) is 5. The summed E-state index contributed by atoms with van der Waals surface area (Å²) in [4.78, 5) is 11.8. The molecule has 0 aliphatic carbocycles. The van der Waals surface area contributed by atoms with Crippen LogP contribution >= 0.6 is 11.3 Å². The summed E-state index contributed by atoms with van der Waals surface area (Å²) in [5.74, 6) is -0.274. The molecule has 0 amide bonds. The molecule has 6 N–H and O–H groups in total. The Morgan fingerprint density at radius 3 is 2.55 bits per heavy atom. The molecule has 0 atom stereocenters. The lowest BCUT2D eigenvalue weighted by Crippen LogP contribution is -2.26. The van der Waals surface area contributed by atoms with Crippen LogP contribution in [0.3, 0.4) is 0 Å². The zero-order chi connectivity index (χ0) is 16.5. The molecular weight excluding hydrogens is 324 g/mol. The zero-order valence-electron chi connectivity index (χ0n) is 12.0. The number of fused-ring (bicyclic) bond motifs is 1. The van der Waals surface area contributed by atoms with Crippen molar-refractivity contribution in [1.29, 1.82) is 0 Å². The predicted octanol–water partition coefficient (Wildman–Crippen LogP) is 0.698. The van der Waals surface area contributed by atoms with Gasteiger partial charge in [-0.1, -0.05) is 0 Å². The quantitative estimate of drug-likeness (QED) is 0.553. The van der Waals surface area contributed by atoms with E-state index in [1.165, 1.54) is 0 Å². The van der Waals surface area contributed by atoms with E-state index in [1.54, 1.807) is 32.0 Å². The molecular formula is C12H16N6O2S2. The van der Waals surface area contributed by atoms with E-state index < -0.39 is 15.1 Å². The summed E-state index contributed by atoms with van der Waals surface area (Å²) in [5, 5.41) is -0.525. The standard InChI is InChI=1S/C12H16N6O2S2/c1-6(2)22(19,20)12-17-8-4-3-7(5-9(8)21-12)16-11(15)18-10(13)14/h3-6H,1-2H3,(H6,13,14,15,16,18). The van der Waals surface area contributed by atoms with Crippen LogP contribution < -0.4 is 17.2 Å². The SMILES string of the molecule is CC(C)S(=O)(=O)c1nc2ccc(N=C(N)N=C(N)N)cc2s1. The highest BCUT2D eigenvalue weighted by Gasteiger charge is 2.23. The maximum Gasteiger partial charge on any atom is 0.223 e. The summed E-state index contributed by atoms with van der Waals surface area (Å²) >= 11 is 1.09. The lowest BCUT2D eigenvalue weighted by molar-refractivity contribution is 0.587. The average molecular weight is 340 g/mol. The van der Waals surface area contributed by atoms with E-state index in [2.05, 4.69) is 15.0 Å². The van der Waals surface area contributed by atoms with Gasteiger partial charge in [0.05, 0.1) is 21.2 Å². The predicted molar refractivity (Wildman–Crippen MR) is 89.0 cm³/mol. The van der Waals surface area contributed by atoms with Gasteiger partial charge in [0, 0.05) is 0 Å². The Kier molecular flexibility index (Phi) is 4.33. The Morgan fingerprint density at radius 2 is 1.95 bits per heavy atom. The molecule has 2 aromatic rings. The van der Waals surface area contributed by atoms with E-state index >= 15 is 0 Å². The molecule has 118 valence electrons. The van der Waals surface area contributed by atoms with Gasteiger partial charge in [-0.2, -0.15) is 4.99 Å². The highest BCUT2D eigenvalue weighted by molar-refractivity contribution is 7.94. The number of aromatic nitrogens is 1. The molecule has 0 radical (unpaired) electrons. The second kappa shape index (κ2) is 5.89. The van der Waals surface area contributed by atoms with Crippen LogP contribution in [0.2, 0.25) is 0 Å². The first-order valence-corrected chi connectivity index (χ1v) is 8.64. The summed E-state index contributed by atoms with van der Waals surface area (Å²) in [7, 11) is -3.40. The van der Waals surface area contributed by atoms with Crippen LogP contribution in [0.15, 0.2) is 32.5 Å². The van der Waals surface area contributed by atoms with Crippen molar-refractivity contribution in [3.8, 4) is 0 Å². The van der Waals surface area contributed by atoms with Gasteiger partial charge >= 0.3 is 0 Å². The number of sulfone groups is 1. The van der Waals surface area contributed by atoms with Crippen LogP contribution in [0, 0.1) is 0 Å². The van der Waals surface area contributed by atoms with Crippen molar-refractivity contribution in [3.63, 3.8) is 0 Å². The Bertz CT molecular complexity index is 863. The van der Waals surface area contributed by atoms with Crippen molar-refractivity contribution in [2.45, 2.75) is 23.4 Å². The Morgan fingerprint density at radius 1 is 1.27 bits per heavy atom. The van der Waals surface area contributed by atoms with Crippen molar-refractivity contribution in [1.82, 2.24) is 4.98 Å². The first-order valence-electron chi connectivity index (χ1n) is 6.28. The van der Waals surface area contributed by atoms with E-state index in [4.69, 9.17) is 17.2 Å². The van der Waals surface area contributed by atoms with Crippen molar-refractivity contribution >= 4 is 49.0 Å². The van der Waals surface area contributed by atoms with Crippen molar-refractivity contribution in [2.75, 3.05) is 0 Å².